The largest absolute Gasteiger partial charge is 0.325 e. The van der Waals surface area contributed by atoms with Crippen molar-refractivity contribution in [3.05, 3.63) is 29.7 Å². The molecule has 0 aromatic carbocycles. The van der Waals surface area contributed by atoms with E-state index in [1.54, 1.807) is 0 Å². The molecule has 19 heavy (non-hydrogen) atoms. The molecule has 5 nitrogen and oxygen atoms in total. The Kier molecular flexibility index (Phi) is 3.75. The standard InChI is InChI=1S/C14H21N5/c15-11-12-5-4-6-13-16-17-14(19(12)13)7-10-18-8-2-1-3-9-18/h4-6H,1-3,7-11,15H2. The maximum absolute atomic E-state index is 5.80. The van der Waals surface area contributed by atoms with Crippen LogP contribution >= 0.6 is 0 Å². The molecule has 0 spiro atoms. The third-order valence-electron chi connectivity index (χ3n) is 3.89. The Morgan fingerprint density at radius 3 is 2.74 bits per heavy atom. The van der Waals surface area contributed by atoms with Crippen molar-refractivity contribution < 1.29 is 0 Å². The Morgan fingerprint density at radius 2 is 1.95 bits per heavy atom. The van der Waals surface area contributed by atoms with Crippen LogP contribution in [0.4, 0.5) is 0 Å². The summed E-state index contributed by atoms with van der Waals surface area (Å²) in [5.74, 6) is 1.03. The van der Waals surface area contributed by atoms with Crippen LogP contribution in [-0.2, 0) is 13.0 Å². The van der Waals surface area contributed by atoms with Crippen LogP contribution in [0.1, 0.15) is 30.8 Å². The van der Waals surface area contributed by atoms with Crippen molar-refractivity contribution >= 4 is 5.65 Å². The summed E-state index contributed by atoms with van der Waals surface area (Å²) < 4.78 is 2.10. The predicted octanol–water partition coefficient (Wildman–Crippen LogP) is 1.22. The monoisotopic (exact) mass is 259 g/mol. The van der Waals surface area contributed by atoms with Crippen LogP contribution in [0.2, 0.25) is 0 Å². The summed E-state index contributed by atoms with van der Waals surface area (Å²) in [5.41, 5.74) is 7.78. The van der Waals surface area contributed by atoms with Gasteiger partial charge in [-0.3, -0.25) is 4.40 Å². The quantitative estimate of drug-likeness (QED) is 0.897. The van der Waals surface area contributed by atoms with Gasteiger partial charge in [-0.15, -0.1) is 10.2 Å². The molecule has 2 aromatic heterocycles. The summed E-state index contributed by atoms with van der Waals surface area (Å²) in [6, 6.07) is 6.01. The highest BCUT2D eigenvalue weighted by Crippen LogP contribution is 2.12. The molecule has 1 fully saturated rings. The number of likely N-dealkylation sites (tertiary alicyclic amines) is 1. The lowest BCUT2D eigenvalue weighted by Gasteiger charge is -2.25. The molecule has 0 atom stereocenters. The van der Waals surface area contributed by atoms with Gasteiger partial charge in [0, 0.05) is 25.2 Å². The van der Waals surface area contributed by atoms with E-state index in [1.807, 2.05) is 18.2 Å². The van der Waals surface area contributed by atoms with Crippen molar-refractivity contribution in [2.45, 2.75) is 32.2 Å². The third-order valence-corrected chi connectivity index (χ3v) is 3.89. The van der Waals surface area contributed by atoms with Crippen LogP contribution in [0.15, 0.2) is 18.2 Å². The zero-order chi connectivity index (χ0) is 13.1. The smallest absolute Gasteiger partial charge is 0.161 e. The first kappa shape index (κ1) is 12.6. The summed E-state index contributed by atoms with van der Waals surface area (Å²) in [6.45, 7) is 4.03. The molecule has 1 aliphatic rings. The lowest BCUT2D eigenvalue weighted by atomic mass is 10.1. The van der Waals surface area contributed by atoms with E-state index < -0.39 is 0 Å². The summed E-state index contributed by atoms with van der Waals surface area (Å²) in [7, 11) is 0. The fourth-order valence-electron chi connectivity index (χ4n) is 2.83. The number of piperidine rings is 1. The van der Waals surface area contributed by atoms with Crippen molar-refractivity contribution in [3.63, 3.8) is 0 Å². The average molecular weight is 259 g/mol. The van der Waals surface area contributed by atoms with Crippen LogP contribution in [0, 0.1) is 0 Å². The Morgan fingerprint density at radius 1 is 1.11 bits per heavy atom. The second-order valence-corrected chi connectivity index (χ2v) is 5.18. The molecule has 0 unspecified atom stereocenters. The van der Waals surface area contributed by atoms with Gasteiger partial charge in [0.1, 0.15) is 5.82 Å². The molecule has 3 rings (SSSR count). The number of nitrogens with two attached hydrogens (primary N) is 1. The lowest BCUT2D eigenvalue weighted by Crippen LogP contribution is -2.31. The van der Waals surface area contributed by atoms with E-state index in [0.29, 0.717) is 6.54 Å². The molecule has 2 aromatic rings. The third kappa shape index (κ3) is 2.62. The molecule has 5 heteroatoms. The van der Waals surface area contributed by atoms with Crippen LogP contribution in [0.3, 0.4) is 0 Å². The van der Waals surface area contributed by atoms with E-state index in [-0.39, 0.29) is 0 Å². The highest BCUT2D eigenvalue weighted by Gasteiger charge is 2.13. The Balaban J connectivity index is 1.77. The number of hydrogen-bond acceptors (Lipinski definition) is 4. The van der Waals surface area contributed by atoms with Gasteiger partial charge >= 0.3 is 0 Å². The second-order valence-electron chi connectivity index (χ2n) is 5.18. The van der Waals surface area contributed by atoms with Gasteiger partial charge in [-0.1, -0.05) is 12.5 Å². The molecule has 0 bridgehead atoms. The fraction of sp³-hybridized carbons (Fsp3) is 0.571. The number of aromatic nitrogens is 3. The minimum atomic E-state index is 0.520. The molecular weight excluding hydrogens is 238 g/mol. The first-order valence-electron chi connectivity index (χ1n) is 7.13. The summed E-state index contributed by atoms with van der Waals surface area (Å²) in [6.07, 6.45) is 4.98. The van der Waals surface area contributed by atoms with Gasteiger partial charge in [0.15, 0.2) is 5.65 Å². The molecule has 0 amide bonds. The number of hydrogen-bond donors (Lipinski definition) is 1. The maximum Gasteiger partial charge on any atom is 0.161 e. The van der Waals surface area contributed by atoms with Crippen molar-refractivity contribution in [2.75, 3.05) is 19.6 Å². The Bertz CT molecular complexity index is 542. The van der Waals surface area contributed by atoms with Crippen molar-refractivity contribution in [3.8, 4) is 0 Å². The molecular formula is C14H21N5. The first-order chi connectivity index (χ1) is 9.38. The zero-order valence-corrected chi connectivity index (χ0v) is 11.3. The number of nitrogens with zero attached hydrogens (tertiary/aromatic N) is 4. The summed E-state index contributed by atoms with van der Waals surface area (Å²) in [5, 5.41) is 8.55. The minimum Gasteiger partial charge on any atom is -0.325 e. The topological polar surface area (TPSA) is 59.5 Å². The van der Waals surface area contributed by atoms with E-state index in [4.69, 9.17) is 5.73 Å². The van der Waals surface area contributed by atoms with E-state index >= 15 is 0 Å². The zero-order valence-electron chi connectivity index (χ0n) is 11.3. The molecule has 1 aliphatic heterocycles. The first-order valence-corrected chi connectivity index (χ1v) is 7.13. The predicted molar refractivity (Wildman–Crippen MR) is 74.9 cm³/mol. The van der Waals surface area contributed by atoms with Crippen molar-refractivity contribution in [1.29, 1.82) is 0 Å². The molecule has 0 saturated carbocycles. The number of rotatable bonds is 4. The van der Waals surface area contributed by atoms with Gasteiger partial charge in [-0.05, 0) is 38.1 Å². The van der Waals surface area contributed by atoms with Gasteiger partial charge in [0.25, 0.3) is 0 Å². The van der Waals surface area contributed by atoms with Crippen molar-refractivity contribution in [2.24, 2.45) is 5.73 Å². The van der Waals surface area contributed by atoms with Gasteiger partial charge < -0.3 is 10.6 Å². The Hall–Kier alpha value is -1.46. The van der Waals surface area contributed by atoms with Crippen LogP contribution < -0.4 is 5.73 Å². The van der Waals surface area contributed by atoms with Gasteiger partial charge in [-0.2, -0.15) is 0 Å². The molecule has 3 heterocycles. The molecule has 1 saturated heterocycles. The van der Waals surface area contributed by atoms with Crippen LogP contribution in [-0.4, -0.2) is 39.1 Å². The normalized spacial score (nSPS) is 17.1. The number of pyridine rings is 1. The molecule has 0 radical (unpaired) electrons. The summed E-state index contributed by atoms with van der Waals surface area (Å²) >= 11 is 0. The lowest BCUT2D eigenvalue weighted by molar-refractivity contribution is 0.230. The molecule has 2 N–H and O–H groups in total. The second kappa shape index (κ2) is 5.67. The van der Waals surface area contributed by atoms with Gasteiger partial charge in [0.05, 0.1) is 0 Å². The van der Waals surface area contributed by atoms with E-state index in [0.717, 1.165) is 30.1 Å². The molecule has 0 aliphatic carbocycles. The van der Waals surface area contributed by atoms with E-state index in [2.05, 4.69) is 19.5 Å². The van der Waals surface area contributed by atoms with Crippen LogP contribution in [0.5, 0.6) is 0 Å². The fourth-order valence-corrected chi connectivity index (χ4v) is 2.83. The van der Waals surface area contributed by atoms with Gasteiger partial charge in [-0.25, -0.2) is 0 Å². The molecule has 102 valence electrons. The average Bonchev–Trinajstić information content (AvgIpc) is 2.89. The number of fused-ring (bicyclic) bond motifs is 1. The highest BCUT2D eigenvalue weighted by molar-refractivity contribution is 5.39. The summed E-state index contributed by atoms with van der Waals surface area (Å²) in [4.78, 5) is 2.52. The Labute approximate surface area is 113 Å². The highest BCUT2D eigenvalue weighted by atomic mass is 15.3. The van der Waals surface area contributed by atoms with Crippen LogP contribution in [0.25, 0.3) is 5.65 Å². The maximum atomic E-state index is 5.80. The van der Waals surface area contributed by atoms with Crippen molar-refractivity contribution in [1.82, 2.24) is 19.5 Å². The van der Waals surface area contributed by atoms with E-state index in [1.165, 1.54) is 32.4 Å². The SMILES string of the molecule is NCc1cccc2nnc(CCN3CCCCC3)n12. The van der Waals surface area contributed by atoms with E-state index in [9.17, 15) is 0 Å². The minimum absolute atomic E-state index is 0.520. The van der Waals surface area contributed by atoms with Gasteiger partial charge in [0.2, 0.25) is 0 Å².